The monoisotopic (exact) mass is 361 g/mol. The van der Waals surface area contributed by atoms with Crippen LogP contribution in [0.1, 0.15) is 34.3 Å². The lowest BCUT2D eigenvalue weighted by atomic mass is 9.81. The van der Waals surface area contributed by atoms with Gasteiger partial charge in [0.1, 0.15) is 11.4 Å². The number of carbonyl (C=O) groups excluding carboxylic acids is 1. The molecular weight excluding hydrogens is 341 g/mol. The summed E-state index contributed by atoms with van der Waals surface area (Å²) < 4.78 is 19.1. The summed E-state index contributed by atoms with van der Waals surface area (Å²) in [5.41, 5.74) is 2.35. The molecule has 2 heterocycles. The number of fused-ring (bicyclic) bond motifs is 4. The van der Waals surface area contributed by atoms with Crippen LogP contribution in [0.3, 0.4) is 0 Å². The molecular formula is C23H20FNO2. The first-order valence-corrected chi connectivity index (χ1v) is 9.37. The molecule has 4 heteroatoms. The molecule has 2 aliphatic heterocycles. The fourth-order valence-electron chi connectivity index (χ4n) is 4.49. The van der Waals surface area contributed by atoms with Gasteiger partial charge in [0.05, 0.1) is 5.56 Å². The van der Waals surface area contributed by atoms with Gasteiger partial charge < -0.3 is 4.74 Å². The molecule has 1 fully saturated rings. The number of carbonyl (C=O) groups is 1. The van der Waals surface area contributed by atoms with Gasteiger partial charge in [-0.3, -0.25) is 4.90 Å². The van der Waals surface area contributed by atoms with Crippen LogP contribution in [-0.2, 0) is 16.9 Å². The first-order valence-electron chi connectivity index (χ1n) is 9.37. The fourth-order valence-corrected chi connectivity index (χ4v) is 4.49. The number of esters is 1. The fraction of sp³-hybridized carbons (Fsp3) is 0.261. The van der Waals surface area contributed by atoms with Crippen molar-refractivity contribution in [2.24, 2.45) is 0 Å². The Labute approximate surface area is 157 Å². The van der Waals surface area contributed by atoms with Gasteiger partial charge in [0.25, 0.3) is 0 Å². The number of nitrogens with zero attached hydrogens (tertiary/aromatic N) is 1. The van der Waals surface area contributed by atoms with Crippen LogP contribution in [0.25, 0.3) is 10.8 Å². The van der Waals surface area contributed by atoms with E-state index >= 15 is 0 Å². The Morgan fingerprint density at radius 1 is 0.963 bits per heavy atom. The van der Waals surface area contributed by atoms with Crippen molar-refractivity contribution < 1.29 is 13.9 Å². The van der Waals surface area contributed by atoms with Gasteiger partial charge in [-0.2, -0.15) is 0 Å². The highest BCUT2D eigenvalue weighted by atomic mass is 19.1. The number of piperidine rings is 1. The number of likely N-dealkylation sites (tertiary alicyclic amines) is 1. The van der Waals surface area contributed by atoms with E-state index in [0.717, 1.165) is 54.4 Å². The molecule has 3 aromatic carbocycles. The summed E-state index contributed by atoms with van der Waals surface area (Å²) in [6.07, 6.45) is 1.56. The number of ether oxygens (including phenoxy) is 1. The Bertz CT molecular complexity index is 1020. The van der Waals surface area contributed by atoms with Crippen molar-refractivity contribution in [1.29, 1.82) is 0 Å². The molecule has 0 bridgehead atoms. The van der Waals surface area contributed by atoms with Crippen LogP contribution in [0, 0.1) is 5.82 Å². The van der Waals surface area contributed by atoms with Gasteiger partial charge in [0, 0.05) is 38.0 Å². The predicted molar refractivity (Wildman–Crippen MR) is 102 cm³/mol. The van der Waals surface area contributed by atoms with Crippen LogP contribution in [0.5, 0.6) is 0 Å². The average Bonchev–Trinajstić information content (AvgIpc) is 2.97. The van der Waals surface area contributed by atoms with E-state index in [-0.39, 0.29) is 11.8 Å². The third kappa shape index (κ3) is 2.72. The maximum Gasteiger partial charge on any atom is 0.339 e. The maximum atomic E-state index is 13.1. The van der Waals surface area contributed by atoms with Gasteiger partial charge in [-0.1, -0.05) is 42.5 Å². The predicted octanol–water partition coefficient (Wildman–Crippen LogP) is 4.64. The lowest BCUT2D eigenvalue weighted by Crippen LogP contribution is -2.42. The minimum atomic E-state index is -0.521. The van der Waals surface area contributed by atoms with Gasteiger partial charge >= 0.3 is 5.97 Å². The Morgan fingerprint density at radius 3 is 2.48 bits per heavy atom. The number of rotatable bonds is 2. The average molecular weight is 361 g/mol. The third-order valence-corrected chi connectivity index (χ3v) is 5.88. The maximum absolute atomic E-state index is 13.1. The molecule has 5 rings (SSSR count). The quantitative estimate of drug-likeness (QED) is 0.623. The minimum Gasteiger partial charge on any atom is -0.450 e. The number of benzene rings is 3. The standard InChI is InChI=1S/C23H20FNO2/c24-18-8-5-16(6-9-18)15-25-13-11-23(12-14-25)21-19-4-2-1-3-17(19)7-10-20(21)22(26)27-23/h1-10H,11-15H2. The highest BCUT2D eigenvalue weighted by Gasteiger charge is 2.48. The van der Waals surface area contributed by atoms with Gasteiger partial charge in [-0.05, 0) is 34.5 Å². The van der Waals surface area contributed by atoms with Crippen molar-refractivity contribution >= 4 is 16.7 Å². The summed E-state index contributed by atoms with van der Waals surface area (Å²) in [4.78, 5) is 14.9. The van der Waals surface area contributed by atoms with Crippen molar-refractivity contribution in [3.63, 3.8) is 0 Å². The summed E-state index contributed by atoms with van der Waals surface area (Å²) >= 11 is 0. The van der Waals surface area contributed by atoms with Crippen LogP contribution >= 0.6 is 0 Å². The summed E-state index contributed by atoms with van der Waals surface area (Å²) in [7, 11) is 0. The zero-order valence-corrected chi connectivity index (χ0v) is 15.0. The van der Waals surface area contributed by atoms with E-state index in [1.165, 1.54) is 12.1 Å². The molecule has 0 N–H and O–H groups in total. The van der Waals surface area contributed by atoms with Gasteiger partial charge in [-0.15, -0.1) is 0 Å². The topological polar surface area (TPSA) is 29.5 Å². The van der Waals surface area contributed by atoms with Gasteiger partial charge in [0.2, 0.25) is 0 Å². The largest absolute Gasteiger partial charge is 0.450 e. The first kappa shape index (κ1) is 16.5. The van der Waals surface area contributed by atoms with Crippen molar-refractivity contribution in [1.82, 2.24) is 4.90 Å². The molecule has 3 nitrogen and oxygen atoms in total. The van der Waals surface area contributed by atoms with Crippen molar-refractivity contribution in [3.8, 4) is 0 Å². The van der Waals surface area contributed by atoms with Crippen molar-refractivity contribution in [2.45, 2.75) is 25.0 Å². The smallest absolute Gasteiger partial charge is 0.339 e. The summed E-state index contributed by atoms with van der Waals surface area (Å²) in [5, 5.41) is 2.26. The molecule has 1 saturated heterocycles. The summed E-state index contributed by atoms with van der Waals surface area (Å²) in [6, 6.07) is 18.8. The molecule has 136 valence electrons. The molecule has 0 saturated carbocycles. The van der Waals surface area contributed by atoms with E-state index in [9.17, 15) is 9.18 Å². The highest BCUT2D eigenvalue weighted by molar-refractivity contribution is 6.02. The molecule has 0 aliphatic carbocycles. The van der Waals surface area contributed by atoms with E-state index in [1.807, 2.05) is 36.4 Å². The minimum absolute atomic E-state index is 0.206. The summed E-state index contributed by atoms with van der Waals surface area (Å²) in [5.74, 6) is -0.416. The zero-order chi connectivity index (χ0) is 18.4. The van der Waals surface area contributed by atoms with Crippen molar-refractivity contribution in [3.05, 3.63) is 83.2 Å². The van der Waals surface area contributed by atoms with Crippen LogP contribution in [0.15, 0.2) is 60.7 Å². The number of halogens is 1. The molecule has 0 aromatic heterocycles. The van der Waals surface area contributed by atoms with Crippen LogP contribution in [0.2, 0.25) is 0 Å². The van der Waals surface area contributed by atoms with E-state index in [0.29, 0.717) is 5.56 Å². The zero-order valence-electron chi connectivity index (χ0n) is 15.0. The number of hydrogen-bond acceptors (Lipinski definition) is 3. The summed E-state index contributed by atoms with van der Waals surface area (Å²) in [6.45, 7) is 2.47. The molecule has 2 aliphatic rings. The van der Waals surface area contributed by atoms with E-state index in [4.69, 9.17) is 4.74 Å². The third-order valence-electron chi connectivity index (χ3n) is 5.88. The SMILES string of the molecule is O=C1OC2(CCN(Cc3ccc(F)cc3)CC2)c2c1ccc1ccccc21. The van der Waals surface area contributed by atoms with Gasteiger partial charge in [-0.25, -0.2) is 9.18 Å². The van der Waals surface area contributed by atoms with E-state index in [2.05, 4.69) is 17.0 Å². The molecule has 1 spiro atoms. The lowest BCUT2D eigenvalue weighted by Gasteiger charge is -2.39. The Balaban J connectivity index is 1.43. The van der Waals surface area contributed by atoms with Crippen LogP contribution in [0.4, 0.5) is 4.39 Å². The Morgan fingerprint density at radius 2 is 1.70 bits per heavy atom. The van der Waals surface area contributed by atoms with Crippen LogP contribution < -0.4 is 0 Å². The first-order chi connectivity index (χ1) is 13.1. The second-order valence-corrected chi connectivity index (χ2v) is 7.50. The van der Waals surface area contributed by atoms with Gasteiger partial charge in [0.15, 0.2) is 0 Å². The van der Waals surface area contributed by atoms with Crippen molar-refractivity contribution in [2.75, 3.05) is 13.1 Å². The van der Waals surface area contributed by atoms with Crippen LogP contribution in [-0.4, -0.2) is 24.0 Å². The normalized spacial score (nSPS) is 18.6. The molecule has 27 heavy (non-hydrogen) atoms. The molecule has 0 atom stereocenters. The number of hydrogen-bond donors (Lipinski definition) is 0. The molecule has 0 radical (unpaired) electrons. The van der Waals surface area contributed by atoms with E-state index in [1.54, 1.807) is 0 Å². The highest BCUT2D eigenvalue weighted by Crippen LogP contribution is 2.47. The Kier molecular flexibility index (Phi) is 3.76. The second kappa shape index (κ2) is 6.17. The second-order valence-electron chi connectivity index (χ2n) is 7.50. The Hall–Kier alpha value is -2.72. The molecule has 0 unspecified atom stereocenters. The molecule has 0 amide bonds. The van der Waals surface area contributed by atoms with E-state index < -0.39 is 5.60 Å². The lowest BCUT2D eigenvalue weighted by molar-refractivity contribution is -0.0434. The molecule has 3 aromatic rings.